The lowest BCUT2D eigenvalue weighted by Gasteiger charge is -2.43. The molecule has 4 atom stereocenters. The summed E-state index contributed by atoms with van der Waals surface area (Å²) in [6.07, 6.45) is 0.777. The van der Waals surface area contributed by atoms with E-state index in [9.17, 15) is 14.9 Å². The van der Waals surface area contributed by atoms with Gasteiger partial charge >= 0.3 is 11.5 Å². The van der Waals surface area contributed by atoms with E-state index >= 15 is 0 Å². The second-order valence-corrected chi connectivity index (χ2v) is 8.59. The van der Waals surface area contributed by atoms with E-state index < -0.39 is 28.6 Å². The average molecular weight is 468 g/mol. The van der Waals surface area contributed by atoms with E-state index in [-0.39, 0.29) is 19.1 Å². The molecule has 0 radical (unpaired) electrons. The minimum Gasteiger partial charge on any atom is -0.464 e. The Morgan fingerprint density at radius 2 is 1.74 bits per heavy atom. The van der Waals surface area contributed by atoms with Crippen molar-refractivity contribution in [1.82, 2.24) is 0 Å². The number of hydrogen-bond donors (Lipinski definition) is 0. The van der Waals surface area contributed by atoms with Gasteiger partial charge in [-0.2, -0.15) is 0 Å². The summed E-state index contributed by atoms with van der Waals surface area (Å²) in [5, 5.41) is 12.2. The summed E-state index contributed by atoms with van der Waals surface area (Å²) in [5.41, 5.74) is 0.750. The number of allylic oxidation sites excluding steroid dienone is 1. The van der Waals surface area contributed by atoms with Crippen LogP contribution in [0.2, 0.25) is 0 Å². The van der Waals surface area contributed by atoms with Gasteiger partial charge < -0.3 is 18.9 Å². The molecule has 1 heterocycles. The van der Waals surface area contributed by atoms with Gasteiger partial charge in [-0.25, -0.2) is 4.79 Å². The van der Waals surface area contributed by atoms with Crippen LogP contribution >= 0.6 is 0 Å². The average Bonchev–Trinajstić information content (AvgIpc) is 2.87. The predicted octanol–water partition coefficient (Wildman–Crippen LogP) is 3.85. The second-order valence-electron chi connectivity index (χ2n) is 8.59. The number of benzene rings is 2. The summed E-state index contributed by atoms with van der Waals surface area (Å²) in [5.74, 6) is -0.888. The molecule has 8 nitrogen and oxygen atoms in total. The molecule has 0 bridgehead atoms. The van der Waals surface area contributed by atoms with Gasteiger partial charge in [-0.05, 0) is 23.1 Å². The number of carbonyl (C=O) groups is 1. The Morgan fingerprint density at radius 1 is 1.09 bits per heavy atom. The summed E-state index contributed by atoms with van der Waals surface area (Å²) in [7, 11) is 1.17. The summed E-state index contributed by atoms with van der Waals surface area (Å²) in [4.78, 5) is 24.3. The highest BCUT2D eigenvalue weighted by molar-refractivity contribution is 5.81. The SMILES string of the molecule is COC(=O)[C@@]1([N+](=O)[O-])CCC=C2C[C@@H](OCc3ccccc3)[C@@H](COCc3ccccc3)O[C@@H]21. The van der Waals surface area contributed by atoms with Gasteiger partial charge in [0.05, 0.1) is 33.0 Å². The van der Waals surface area contributed by atoms with Crippen molar-refractivity contribution < 1.29 is 28.7 Å². The van der Waals surface area contributed by atoms with E-state index in [0.29, 0.717) is 31.6 Å². The number of nitrogens with zero attached hydrogens (tertiary/aromatic N) is 1. The lowest BCUT2D eigenvalue weighted by molar-refractivity contribution is -0.570. The molecule has 8 heteroatoms. The van der Waals surface area contributed by atoms with Gasteiger partial charge in [0, 0.05) is 17.8 Å². The second kappa shape index (κ2) is 10.9. The fourth-order valence-electron chi connectivity index (χ4n) is 4.64. The number of fused-ring (bicyclic) bond motifs is 1. The van der Waals surface area contributed by atoms with Gasteiger partial charge in [-0.3, -0.25) is 10.1 Å². The van der Waals surface area contributed by atoms with E-state index in [0.717, 1.165) is 11.1 Å². The highest BCUT2D eigenvalue weighted by Crippen LogP contribution is 2.41. The maximum atomic E-state index is 12.6. The molecule has 0 saturated carbocycles. The lowest BCUT2D eigenvalue weighted by atomic mass is 9.75. The minimum atomic E-state index is -1.97. The number of hydrogen-bond acceptors (Lipinski definition) is 7. The maximum absolute atomic E-state index is 12.6. The standard InChI is InChI=1S/C26H29NO7/c1-31-25(28)26(27(29)30)14-8-13-21-15-22(33-17-20-11-6-3-7-12-20)23(34-24(21)26)18-32-16-19-9-4-2-5-10-19/h2-7,9-13,22-24H,8,14-18H2,1H3/t22-,23-,24+,26-/m1/s1. The largest absolute Gasteiger partial charge is 0.464 e. The molecule has 0 amide bonds. The van der Waals surface area contributed by atoms with E-state index in [1.165, 1.54) is 7.11 Å². The minimum absolute atomic E-state index is 0.0218. The predicted molar refractivity (Wildman–Crippen MR) is 123 cm³/mol. The van der Waals surface area contributed by atoms with Gasteiger partial charge in [0.25, 0.3) is 0 Å². The fourth-order valence-corrected chi connectivity index (χ4v) is 4.64. The number of esters is 1. The molecular weight excluding hydrogens is 438 g/mol. The number of methoxy groups -OCH3 is 1. The molecular formula is C26H29NO7. The topological polar surface area (TPSA) is 97.1 Å². The first-order chi connectivity index (χ1) is 16.5. The van der Waals surface area contributed by atoms with Crippen molar-refractivity contribution in [3.63, 3.8) is 0 Å². The Labute approximate surface area is 198 Å². The summed E-state index contributed by atoms with van der Waals surface area (Å²) in [6, 6.07) is 19.5. The van der Waals surface area contributed by atoms with Crippen LogP contribution < -0.4 is 0 Å². The van der Waals surface area contributed by atoms with Crippen molar-refractivity contribution in [2.75, 3.05) is 13.7 Å². The monoisotopic (exact) mass is 467 g/mol. The third-order valence-electron chi connectivity index (χ3n) is 6.43. The van der Waals surface area contributed by atoms with Crippen LogP contribution in [0.25, 0.3) is 0 Å². The van der Waals surface area contributed by atoms with E-state index in [1.807, 2.05) is 66.7 Å². The molecule has 2 aromatic rings. The quantitative estimate of drug-likeness (QED) is 0.239. The van der Waals surface area contributed by atoms with Crippen molar-refractivity contribution >= 4 is 5.97 Å². The molecule has 0 spiro atoms. The molecule has 0 unspecified atom stereocenters. The first-order valence-electron chi connectivity index (χ1n) is 11.4. The van der Waals surface area contributed by atoms with Crippen LogP contribution in [0.4, 0.5) is 0 Å². The summed E-state index contributed by atoms with van der Waals surface area (Å²) < 4.78 is 23.3. The molecule has 0 aromatic heterocycles. The molecule has 34 heavy (non-hydrogen) atoms. The van der Waals surface area contributed by atoms with Crippen molar-refractivity contribution in [3.8, 4) is 0 Å². The molecule has 4 rings (SSSR count). The van der Waals surface area contributed by atoms with Crippen LogP contribution in [-0.2, 0) is 37.0 Å². The zero-order valence-electron chi connectivity index (χ0n) is 19.1. The first kappa shape index (κ1) is 24.1. The van der Waals surface area contributed by atoms with E-state index in [4.69, 9.17) is 18.9 Å². The fraction of sp³-hybridized carbons (Fsp3) is 0.423. The Morgan fingerprint density at radius 3 is 2.35 bits per heavy atom. The van der Waals surface area contributed by atoms with Crippen LogP contribution in [0.3, 0.4) is 0 Å². The van der Waals surface area contributed by atoms with Crippen LogP contribution in [0.5, 0.6) is 0 Å². The van der Waals surface area contributed by atoms with Crippen LogP contribution in [0.1, 0.15) is 30.4 Å². The highest BCUT2D eigenvalue weighted by atomic mass is 16.7. The van der Waals surface area contributed by atoms with Crippen molar-refractivity contribution in [2.45, 2.75) is 56.3 Å². The molecule has 1 saturated heterocycles. The van der Waals surface area contributed by atoms with Crippen LogP contribution in [0.15, 0.2) is 72.3 Å². The smallest absolute Gasteiger partial charge is 0.387 e. The zero-order chi connectivity index (χ0) is 24.0. The van der Waals surface area contributed by atoms with Crippen molar-refractivity contribution in [3.05, 3.63) is 93.6 Å². The van der Waals surface area contributed by atoms with Gasteiger partial charge in [-0.1, -0.05) is 66.7 Å². The van der Waals surface area contributed by atoms with Gasteiger partial charge in [0.2, 0.25) is 0 Å². The highest BCUT2D eigenvalue weighted by Gasteiger charge is 2.63. The van der Waals surface area contributed by atoms with Crippen molar-refractivity contribution in [1.29, 1.82) is 0 Å². The normalized spacial score (nSPS) is 26.3. The van der Waals surface area contributed by atoms with E-state index in [1.54, 1.807) is 0 Å². The Balaban J connectivity index is 1.54. The molecule has 2 aliphatic rings. The maximum Gasteiger partial charge on any atom is 0.387 e. The summed E-state index contributed by atoms with van der Waals surface area (Å²) >= 11 is 0. The van der Waals surface area contributed by atoms with Crippen LogP contribution in [-0.4, -0.2) is 48.5 Å². The zero-order valence-corrected chi connectivity index (χ0v) is 19.1. The number of nitro groups is 1. The molecule has 1 fully saturated rings. The third kappa shape index (κ3) is 5.04. The number of rotatable bonds is 9. The van der Waals surface area contributed by atoms with Crippen LogP contribution in [0, 0.1) is 10.1 Å². The third-order valence-corrected chi connectivity index (χ3v) is 6.43. The van der Waals surface area contributed by atoms with E-state index in [2.05, 4.69) is 0 Å². The van der Waals surface area contributed by atoms with Gasteiger partial charge in [-0.15, -0.1) is 0 Å². The number of carbonyl (C=O) groups excluding carboxylic acids is 1. The molecule has 1 aliphatic carbocycles. The molecule has 2 aromatic carbocycles. The van der Waals surface area contributed by atoms with Gasteiger partial charge in [0.15, 0.2) is 6.10 Å². The Kier molecular flexibility index (Phi) is 7.72. The number of ether oxygens (including phenoxy) is 4. The van der Waals surface area contributed by atoms with Gasteiger partial charge in [0.1, 0.15) is 6.10 Å². The first-order valence-corrected chi connectivity index (χ1v) is 11.4. The Bertz CT molecular complexity index is 1010. The lowest BCUT2D eigenvalue weighted by Crippen LogP contribution is -2.63. The summed E-state index contributed by atoms with van der Waals surface area (Å²) in [6.45, 7) is 0.920. The molecule has 0 N–H and O–H groups in total. The van der Waals surface area contributed by atoms with Crippen molar-refractivity contribution in [2.24, 2.45) is 0 Å². The molecule has 180 valence electrons. The Hall–Kier alpha value is -3.07. The molecule has 1 aliphatic heterocycles.